The molecule has 2 rings (SSSR count). The van der Waals surface area contributed by atoms with Crippen molar-refractivity contribution in [3.05, 3.63) is 59.9 Å². The van der Waals surface area contributed by atoms with Gasteiger partial charge in [0.2, 0.25) is 0 Å². The van der Waals surface area contributed by atoms with Crippen molar-refractivity contribution < 1.29 is 10.0 Å². The fourth-order valence-corrected chi connectivity index (χ4v) is 2.39. The lowest BCUT2D eigenvalue weighted by molar-refractivity contribution is -0.975. The van der Waals surface area contributed by atoms with Crippen LogP contribution in [0.25, 0.3) is 0 Å². The Balaban J connectivity index is 2.19. The van der Waals surface area contributed by atoms with E-state index in [4.69, 9.17) is 0 Å². The molecule has 1 unspecified atom stereocenters. The van der Waals surface area contributed by atoms with Crippen molar-refractivity contribution in [1.29, 1.82) is 0 Å². The molecule has 2 aromatic rings. The van der Waals surface area contributed by atoms with E-state index in [1.165, 1.54) is 16.2 Å². The van der Waals surface area contributed by atoms with Gasteiger partial charge in [-0.25, -0.2) is 0 Å². The number of benzene rings is 1. The fraction of sp³-hybridized carbons (Fsp3) is 0.412. The molecule has 0 bridgehead atoms. The molecule has 3 nitrogen and oxygen atoms in total. The highest BCUT2D eigenvalue weighted by Crippen LogP contribution is 2.04. The summed E-state index contributed by atoms with van der Waals surface area (Å²) in [5.41, 5.74) is 2.43. The Labute approximate surface area is 121 Å². The summed E-state index contributed by atoms with van der Waals surface area (Å²) in [5.74, 6) is 0. The zero-order valence-corrected chi connectivity index (χ0v) is 12.6. The van der Waals surface area contributed by atoms with E-state index in [2.05, 4.69) is 68.1 Å². The molecular weight excluding hydrogens is 248 g/mol. The minimum atomic E-state index is -0.167. The number of hydrogen-bond donors (Lipinski definition) is 2. The van der Waals surface area contributed by atoms with Crippen LogP contribution in [0.2, 0.25) is 0 Å². The Kier molecular flexibility index (Phi) is 4.63. The third-order valence-corrected chi connectivity index (χ3v) is 4.06. The average Bonchev–Trinajstić information content (AvgIpc) is 2.85. The van der Waals surface area contributed by atoms with Gasteiger partial charge >= 0.3 is 0 Å². The van der Waals surface area contributed by atoms with Crippen LogP contribution in [0.15, 0.2) is 48.7 Å². The van der Waals surface area contributed by atoms with Gasteiger partial charge in [-0.05, 0) is 26.0 Å². The molecule has 0 amide bonds. The number of quaternary nitrogens is 1. The molecule has 1 heterocycles. The molecular formula is C17H25N2O+. The van der Waals surface area contributed by atoms with Crippen LogP contribution in [-0.4, -0.2) is 21.8 Å². The van der Waals surface area contributed by atoms with E-state index in [1.54, 1.807) is 0 Å². The zero-order chi connectivity index (χ0) is 14.6. The highest BCUT2D eigenvalue weighted by Gasteiger charge is 2.30. The summed E-state index contributed by atoms with van der Waals surface area (Å²) in [7, 11) is 2.07. The van der Waals surface area contributed by atoms with E-state index in [-0.39, 0.29) is 12.1 Å². The largest absolute Gasteiger partial charge is 0.390 e. The van der Waals surface area contributed by atoms with Gasteiger partial charge in [-0.15, -0.1) is 0 Å². The van der Waals surface area contributed by atoms with Gasteiger partial charge in [-0.2, -0.15) is 0 Å². The van der Waals surface area contributed by atoms with Crippen LogP contribution >= 0.6 is 0 Å². The highest BCUT2D eigenvalue weighted by atomic mass is 16.3. The molecule has 1 aromatic heterocycles. The predicted octanol–water partition coefficient (Wildman–Crippen LogP) is 1.38. The molecule has 108 valence electrons. The number of nitrogens with zero attached hydrogens (tertiary/aromatic N) is 1. The Morgan fingerprint density at radius 1 is 1.05 bits per heavy atom. The number of rotatable bonds is 6. The number of nitrogens with one attached hydrogen (secondary N) is 1. The lowest BCUT2D eigenvalue weighted by Crippen LogP contribution is -3.17. The maximum Gasteiger partial charge on any atom is 0.119 e. The highest BCUT2D eigenvalue weighted by molar-refractivity contribution is 5.13. The Hall–Kier alpha value is -1.58. The molecule has 20 heavy (non-hydrogen) atoms. The smallest absolute Gasteiger partial charge is 0.119 e. The van der Waals surface area contributed by atoms with Gasteiger partial charge < -0.3 is 14.6 Å². The number of aromatic nitrogens is 1. The summed E-state index contributed by atoms with van der Waals surface area (Å²) < 4.78 is 2.15. The number of aryl methyl sites for hydroxylation is 1. The normalized spacial score (nSPS) is 13.4. The van der Waals surface area contributed by atoms with Crippen molar-refractivity contribution in [3.63, 3.8) is 0 Å². The zero-order valence-electron chi connectivity index (χ0n) is 12.6. The fourth-order valence-electron chi connectivity index (χ4n) is 2.39. The first-order valence-electron chi connectivity index (χ1n) is 7.13. The number of aliphatic hydroxyl groups is 1. The first-order valence-corrected chi connectivity index (χ1v) is 7.13. The second-order valence-corrected chi connectivity index (χ2v) is 6.10. The van der Waals surface area contributed by atoms with E-state index in [0.717, 1.165) is 13.1 Å². The molecule has 1 atom stereocenters. The Morgan fingerprint density at radius 2 is 1.75 bits per heavy atom. The molecule has 0 saturated heterocycles. The topological polar surface area (TPSA) is 29.6 Å². The Bertz CT molecular complexity index is 531. The molecule has 2 N–H and O–H groups in total. The molecule has 3 heteroatoms. The van der Waals surface area contributed by atoms with Crippen molar-refractivity contribution in [2.75, 3.05) is 6.61 Å². The second-order valence-electron chi connectivity index (χ2n) is 6.10. The van der Waals surface area contributed by atoms with Gasteiger partial charge in [-0.1, -0.05) is 30.3 Å². The lowest BCUT2D eigenvalue weighted by atomic mass is 10.0. The summed E-state index contributed by atoms with van der Waals surface area (Å²) in [6.45, 7) is 6.24. The van der Waals surface area contributed by atoms with Crippen LogP contribution in [0.1, 0.15) is 25.1 Å². The minimum Gasteiger partial charge on any atom is -0.390 e. The van der Waals surface area contributed by atoms with E-state index < -0.39 is 0 Å². The standard InChI is InChI=1S/C17H24N2O/c1-17(2,14-20)19(12-15-8-5-4-6-9-15)13-16-10-7-11-18(16)3/h4-11,20H,12-14H2,1-3H3/p+1. The van der Waals surface area contributed by atoms with Crippen LogP contribution < -0.4 is 4.90 Å². The van der Waals surface area contributed by atoms with Crippen molar-refractivity contribution in [2.24, 2.45) is 7.05 Å². The molecule has 0 aliphatic carbocycles. The van der Waals surface area contributed by atoms with Gasteiger partial charge in [-0.3, -0.25) is 0 Å². The second kappa shape index (κ2) is 6.25. The maximum absolute atomic E-state index is 9.71. The maximum atomic E-state index is 9.71. The van der Waals surface area contributed by atoms with Crippen LogP contribution in [-0.2, 0) is 20.1 Å². The van der Waals surface area contributed by atoms with Gasteiger partial charge in [0.15, 0.2) is 0 Å². The van der Waals surface area contributed by atoms with Crippen molar-refractivity contribution >= 4 is 0 Å². The van der Waals surface area contributed by atoms with Gasteiger partial charge in [0, 0.05) is 18.8 Å². The van der Waals surface area contributed by atoms with E-state index in [9.17, 15) is 5.11 Å². The van der Waals surface area contributed by atoms with Gasteiger partial charge in [0.1, 0.15) is 18.6 Å². The van der Waals surface area contributed by atoms with Crippen LogP contribution in [0, 0.1) is 0 Å². The summed E-state index contributed by atoms with van der Waals surface area (Å²) in [5, 5.41) is 9.71. The number of hydrogen-bond acceptors (Lipinski definition) is 1. The minimum absolute atomic E-state index is 0.167. The Morgan fingerprint density at radius 3 is 2.30 bits per heavy atom. The first kappa shape index (κ1) is 14.8. The predicted molar refractivity (Wildman–Crippen MR) is 81.4 cm³/mol. The molecule has 0 fully saturated rings. The SMILES string of the molecule is Cn1cccc1C[NH+](Cc1ccccc1)C(C)(C)CO. The first-order chi connectivity index (χ1) is 9.53. The monoisotopic (exact) mass is 273 g/mol. The van der Waals surface area contributed by atoms with Crippen molar-refractivity contribution in [2.45, 2.75) is 32.5 Å². The van der Waals surface area contributed by atoms with Crippen molar-refractivity contribution in [1.82, 2.24) is 4.57 Å². The van der Waals surface area contributed by atoms with Crippen LogP contribution in [0.3, 0.4) is 0 Å². The molecule has 0 spiro atoms. The molecule has 0 radical (unpaired) electrons. The summed E-state index contributed by atoms with van der Waals surface area (Å²) in [6.07, 6.45) is 2.07. The third-order valence-electron chi connectivity index (χ3n) is 4.06. The van der Waals surface area contributed by atoms with E-state index >= 15 is 0 Å². The lowest BCUT2D eigenvalue weighted by Gasteiger charge is -2.34. The van der Waals surface area contributed by atoms with Crippen LogP contribution in [0.5, 0.6) is 0 Å². The van der Waals surface area contributed by atoms with Crippen LogP contribution in [0.4, 0.5) is 0 Å². The molecule has 0 saturated carbocycles. The summed E-state index contributed by atoms with van der Waals surface area (Å²) in [6, 6.07) is 14.7. The van der Waals surface area contributed by atoms with Gasteiger partial charge in [0.05, 0.1) is 12.3 Å². The van der Waals surface area contributed by atoms with E-state index in [0.29, 0.717) is 0 Å². The average molecular weight is 273 g/mol. The summed E-state index contributed by atoms with van der Waals surface area (Å²) in [4.78, 5) is 1.37. The van der Waals surface area contributed by atoms with Gasteiger partial charge in [0.25, 0.3) is 0 Å². The van der Waals surface area contributed by atoms with E-state index in [1.807, 2.05) is 6.07 Å². The van der Waals surface area contributed by atoms with Crippen molar-refractivity contribution in [3.8, 4) is 0 Å². The molecule has 0 aliphatic rings. The summed E-state index contributed by atoms with van der Waals surface area (Å²) >= 11 is 0. The molecule has 1 aromatic carbocycles. The third kappa shape index (κ3) is 3.50. The number of aliphatic hydroxyl groups excluding tert-OH is 1. The quantitative estimate of drug-likeness (QED) is 0.818. The molecule has 0 aliphatic heterocycles.